The largest absolute Gasteiger partial charge is 0.490 e. The third kappa shape index (κ3) is 5.28. The average Bonchev–Trinajstić information content (AvgIpc) is 2.26. The molecule has 96 valence electrons. The van der Waals surface area contributed by atoms with Crippen LogP contribution in [0.1, 0.15) is 25.3 Å². The molecular weight excluding hydrogens is 302 g/mol. The zero-order valence-corrected chi connectivity index (χ0v) is 12.7. The second-order valence-electron chi connectivity index (χ2n) is 3.99. The van der Waals surface area contributed by atoms with Gasteiger partial charge in [-0.05, 0) is 37.6 Å². The highest BCUT2D eigenvalue weighted by Gasteiger charge is 2.06. The van der Waals surface area contributed by atoms with Gasteiger partial charge < -0.3 is 10.1 Å². The molecule has 0 radical (unpaired) electrons. The van der Waals surface area contributed by atoms with Crippen LogP contribution in [-0.2, 0) is 0 Å². The van der Waals surface area contributed by atoms with E-state index in [4.69, 9.17) is 16.3 Å². The minimum absolute atomic E-state index is 0.645. The lowest BCUT2D eigenvalue weighted by Gasteiger charge is -2.12. The van der Waals surface area contributed by atoms with Crippen molar-refractivity contribution >= 4 is 27.5 Å². The summed E-state index contributed by atoms with van der Waals surface area (Å²) in [5.41, 5.74) is 1.05. The number of hydrogen-bond acceptors (Lipinski definition) is 2. The molecule has 0 aliphatic heterocycles. The maximum Gasteiger partial charge on any atom is 0.140 e. The Morgan fingerprint density at radius 1 is 1.35 bits per heavy atom. The maximum atomic E-state index is 6.12. The number of unbranched alkanes of at least 4 members (excludes halogenated alkanes) is 1. The van der Waals surface area contributed by atoms with E-state index in [2.05, 4.69) is 28.2 Å². The molecule has 0 aromatic heterocycles. The van der Waals surface area contributed by atoms with Crippen LogP contribution in [0, 0.1) is 6.92 Å². The number of nitrogens with one attached hydrogen (secondary N) is 1. The second-order valence-corrected chi connectivity index (χ2v) is 5.31. The summed E-state index contributed by atoms with van der Waals surface area (Å²) in [4.78, 5) is 0. The lowest BCUT2D eigenvalue weighted by atomic mass is 10.2. The molecule has 1 aromatic carbocycles. The third-order valence-corrected chi connectivity index (χ3v) is 3.17. The number of halogens is 2. The van der Waals surface area contributed by atoms with E-state index in [1.165, 1.54) is 12.8 Å². The van der Waals surface area contributed by atoms with Crippen LogP contribution in [0.3, 0.4) is 0 Å². The van der Waals surface area contributed by atoms with Crippen molar-refractivity contribution in [2.45, 2.75) is 26.7 Å². The van der Waals surface area contributed by atoms with Crippen LogP contribution in [-0.4, -0.2) is 19.7 Å². The average molecular weight is 321 g/mol. The molecule has 0 saturated carbocycles. The molecule has 1 rings (SSSR count). The van der Waals surface area contributed by atoms with Crippen molar-refractivity contribution in [3.63, 3.8) is 0 Å². The first kappa shape index (κ1) is 14.8. The van der Waals surface area contributed by atoms with Gasteiger partial charge in [0.2, 0.25) is 0 Å². The number of ether oxygens (including phenoxy) is 1. The standard InChI is InChI=1S/C13H19BrClNO/c1-3-4-5-16-6-7-17-13-10(2)8-11(14)9-12(13)15/h8-9,16H,3-7H2,1-2H3. The number of aryl methyl sites for hydroxylation is 1. The van der Waals surface area contributed by atoms with Crippen molar-refractivity contribution in [2.75, 3.05) is 19.7 Å². The van der Waals surface area contributed by atoms with Crippen LogP contribution in [0.15, 0.2) is 16.6 Å². The van der Waals surface area contributed by atoms with E-state index in [0.29, 0.717) is 11.6 Å². The summed E-state index contributed by atoms with van der Waals surface area (Å²) in [5, 5.41) is 3.99. The molecule has 4 heteroatoms. The van der Waals surface area contributed by atoms with E-state index in [9.17, 15) is 0 Å². The molecule has 1 aromatic rings. The van der Waals surface area contributed by atoms with Crippen LogP contribution >= 0.6 is 27.5 Å². The first-order valence-electron chi connectivity index (χ1n) is 5.94. The topological polar surface area (TPSA) is 21.3 Å². The smallest absolute Gasteiger partial charge is 0.140 e. The SMILES string of the molecule is CCCCNCCOc1c(C)cc(Br)cc1Cl. The molecule has 0 fully saturated rings. The van der Waals surface area contributed by atoms with Crippen molar-refractivity contribution < 1.29 is 4.74 Å². The molecule has 0 atom stereocenters. The molecule has 0 unspecified atom stereocenters. The summed E-state index contributed by atoms with van der Waals surface area (Å²) in [5.74, 6) is 0.784. The van der Waals surface area contributed by atoms with Crippen molar-refractivity contribution in [2.24, 2.45) is 0 Å². The van der Waals surface area contributed by atoms with Crippen LogP contribution in [0.4, 0.5) is 0 Å². The number of rotatable bonds is 7. The van der Waals surface area contributed by atoms with Gasteiger partial charge in [-0.15, -0.1) is 0 Å². The summed E-state index contributed by atoms with van der Waals surface area (Å²) in [7, 11) is 0. The van der Waals surface area contributed by atoms with Gasteiger partial charge in [-0.3, -0.25) is 0 Å². The fourth-order valence-corrected chi connectivity index (χ4v) is 2.55. The van der Waals surface area contributed by atoms with Gasteiger partial charge in [-0.1, -0.05) is 40.9 Å². The zero-order chi connectivity index (χ0) is 12.7. The van der Waals surface area contributed by atoms with Gasteiger partial charge in [-0.25, -0.2) is 0 Å². The molecule has 0 amide bonds. The fraction of sp³-hybridized carbons (Fsp3) is 0.538. The molecule has 0 aliphatic carbocycles. The van der Waals surface area contributed by atoms with Gasteiger partial charge in [0, 0.05) is 11.0 Å². The Morgan fingerprint density at radius 2 is 2.12 bits per heavy atom. The van der Waals surface area contributed by atoms with Gasteiger partial charge in [0.1, 0.15) is 12.4 Å². The van der Waals surface area contributed by atoms with E-state index in [0.717, 1.165) is 28.9 Å². The van der Waals surface area contributed by atoms with Crippen molar-refractivity contribution in [3.8, 4) is 5.75 Å². The van der Waals surface area contributed by atoms with Gasteiger partial charge >= 0.3 is 0 Å². The molecule has 0 saturated heterocycles. The fourth-order valence-electron chi connectivity index (χ4n) is 1.52. The van der Waals surface area contributed by atoms with Gasteiger partial charge in [-0.2, -0.15) is 0 Å². The van der Waals surface area contributed by atoms with Gasteiger partial charge in [0.25, 0.3) is 0 Å². The summed E-state index contributed by atoms with van der Waals surface area (Å²) in [6.07, 6.45) is 2.42. The Bertz CT molecular complexity index is 334. The van der Waals surface area contributed by atoms with Crippen molar-refractivity contribution in [1.29, 1.82) is 0 Å². The number of benzene rings is 1. The minimum atomic E-state index is 0.645. The van der Waals surface area contributed by atoms with E-state index in [1.807, 2.05) is 19.1 Å². The van der Waals surface area contributed by atoms with Crippen LogP contribution in [0.5, 0.6) is 5.75 Å². The molecule has 2 nitrogen and oxygen atoms in total. The predicted molar refractivity (Wildman–Crippen MR) is 77.2 cm³/mol. The predicted octanol–water partition coefficient (Wildman–Crippen LogP) is 4.18. The maximum absolute atomic E-state index is 6.12. The Labute approximate surface area is 117 Å². The zero-order valence-electron chi connectivity index (χ0n) is 10.4. The monoisotopic (exact) mass is 319 g/mol. The Morgan fingerprint density at radius 3 is 2.76 bits per heavy atom. The highest BCUT2D eigenvalue weighted by molar-refractivity contribution is 9.10. The third-order valence-electron chi connectivity index (χ3n) is 2.43. The summed E-state index contributed by atoms with van der Waals surface area (Å²) < 4.78 is 6.67. The van der Waals surface area contributed by atoms with Crippen LogP contribution in [0.2, 0.25) is 5.02 Å². The van der Waals surface area contributed by atoms with Gasteiger partial charge in [0.05, 0.1) is 5.02 Å². The normalized spacial score (nSPS) is 10.6. The van der Waals surface area contributed by atoms with E-state index in [-0.39, 0.29) is 0 Å². The molecule has 0 spiro atoms. The van der Waals surface area contributed by atoms with E-state index in [1.54, 1.807) is 0 Å². The Hall–Kier alpha value is -0.250. The summed E-state index contributed by atoms with van der Waals surface area (Å²) >= 11 is 9.53. The number of hydrogen-bond donors (Lipinski definition) is 1. The molecule has 17 heavy (non-hydrogen) atoms. The lowest BCUT2D eigenvalue weighted by Crippen LogP contribution is -2.22. The summed E-state index contributed by atoms with van der Waals surface area (Å²) in [6.45, 7) is 6.73. The minimum Gasteiger partial charge on any atom is -0.490 e. The molecule has 1 N–H and O–H groups in total. The van der Waals surface area contributed by atoms with Gasteiger partial charge in [0.15, 0.2) is 0 Å². The second kappa shape index (κ2) is 7.96. The highest BCUT2D eigenvalue weighted by atomic mass is 79.9. The van der Waals surface area contributed by atoms with Crippen LogP contribution < -0.4 is 10.1 Å². The first-order chi connectivity index (χ1) is 8.15. The Balaban J connectivity index is 2.36. The molecule has 0 aliphatic rings. The first-order valence-corrected chi connectivity index (χ1v) is 7.11. The van der Waals surface area contributed by atoms with E-state index < -0.39 is 0 Å². The van der Waals surface area contributed by atoms with E-state index >= 15 is 0 Å². The molecule has 0 bridgehead atoms. The van der Waals surface area contributed by atoms with Crippen molar-refractivity contribution in [1.82, 2.24) is 5.32 Å². The van der Waals surface area contributed by atoms with Crippen molar-refractivity contribution in [3.05, 3.63) is 27.2 Å². The highest BCUT2D eigenvalue weighted by Crippen LogP contribution is 2.31. The Kier molecular flexibility index (Phi) is 6.93. The molecular formula is C13H19BrClNO. The quantitative estimate of drug-likeness (QED) is 0.761. The van der Waals surface area contributed by atoms with Crippen LogP contribution in [0.25, 0.3) is 0 Å². The summed E-state index contributed by atoms with van der Waals surface area (Å²) in [6, 6.07) is 3.86. The lowest BCUT2D eigenvalue weighted by molar-refractivity contribution is 0.312. The molecule has 0 heterocycles.